The van der Waals surface area contributed by atoms with Crippen molar-refractivity contribution in [3.63, 3.8) is 0 Å². The predicted octanol–water partition coefficient (Wildman–Crippen LogP) is 5.48. The Morgan fingerprint density at radius 3 is 2.56 bits per heavy atom. The molecule has 3 aromatic carbocycles. The van der Waals surface area contributed by atoms with Gasteiger partial charge in [-0.25, -0.2) is 0 Å². The van der Waals surface area contributed by atoms with E-state index in [0.29, 0.717) is 6.61 Å². The molecule has 1 saturated heterocycles. The molecule has 32 heavy (non-hydrogen) atoms. The smallest absolute Gasteiger partial charge is 0.126 e. The van der Waals surface area contributed by atoms with Crippen molar-refractivity contribution in [3.8, 4) is 17.2 Å². The SMILES string of the molecule is Cc1cccc(C2COc3cc(O)ccc3C2c2ccc(OCCN3CCCC3)cc2)c1. The number of likely N-dealkylation sites (tertiary alicyclic amines) is 1. The van der Waals surface area contributed by atoms with Crippen LogP contribution in [0.25, 0.3) is 0 Å². The van der Waals surface area contributed by atoms with Crippen molar-refractivity contribution < 1.29 is 14.6 Å². The third-order valence-corrected chi connectivity index (χ3v) is 6.74. The van der Waals surface area contributed by atoms with E-state index in [1.807, 2.05) is 6.07 Å². The van der Waals surface area contributed by atoms with Crippen molar-refractivity contribution in [3.05, 3.63) is 89.0 Å². The summed E-state index contributed by atoms with van der Waals surface area (Å²) in [6, 6.07) is 22.7. The molecule has 4 nitrogen and oxygen atoms in total. The number of phenols is 1. The van der Waals surface area contributed by atoms with Crippen LogP contribution in [0, 0.1) is 6.92 Å². The summed E-state index contributed by atoms with van der Waals surface area (Å²) in [5, 5.41) is 9.96. The van der Waals surface area contributed by atoms with Crippen LogP contribution in [0.5, 0.6) is 17.2 Å². The van der Waals surface area contributed by atoms with Gasteiger partial charge in [0.25, 0.3) is 0 Å². The Hall–Kier alpha value is -2.98. The normalized spacial score (nSPS) is 20.5. The summed E-state index contributed by atoms with van der Waals surface area (Å²) < 4.78 is 12.1. The predicted molar refractivity (Wildman–Crippen MR) is 127 cm³/mol. The minimum Gasteiger partial charge on any atom is -0.508 e. The highest BCUT2D eigenvalue weighted by atomic mass is 16.5. The molecule has 0 saturated carbocycles. The molecule has 2 unspecified atom stereocenters. The van der Waals surface area contributed by atoms with E-state index in [2.05, 4.69) is 60.4 Å². The Bertz CT molecular complexity index is 1060. The lowest BCUT2D eigenvalue weighted by atomic mass is 9.75. The lowest BCUT2D eigenvalue weighted by Gasteiger charge is -2.34. The molecule has 1 N–H and O–H groups in total. The zero-order valence-corrected chi connectivity index (χ0v) is 18.7. The highest BCUT2D eigenvalue weighted by Crippen LogP contribution is 2.47. The summed E-state index contributed by atoms with van der Waals surface area (Å²) >= 11 is 0. The maximum atomic E-state index is 9.96. The Morgan fingerprint density at radius 2 is 1.78 bits per heavy atom. The first-order valence-corrected chi connectivity index (χ1v) is 11.6. The maximum absolute atomic E-state index is 9.96. The molecule has 2 heterocycles. The Morgan fingerprint density at radius 1 is 0.969 bits per heavy atom. The van der Waals surface area contributed by atoms with Gasteiger partial charge in [-0.3, -0.25) is 4.90 Å². The fourth-order valence-electron chi connectivity index (χ4n) is 5.07. The number of aryl methyl sites for hydroxylation is 1. The van der Waals surface area contributed by atoms with Crippen LogP contribution in [-0.4, -0.2) is 42.9 Å². The summed E-state index contributed by atoms with van der Waals surface area (Å²) in [5.41, 5.74) is 4.88. The summed E-state index contributed by atoms with van der Waals surface area (Å²) in [6.07, 6.45) is 2.61. The second-order valence-corrected chi connectivity index (χ2v) is 9.00. The molecule has 4 heteroatoms. The maximum Gasteiger partial charge on any atom is 0.126 e. The minimum atomic E-state index is 0.153. The monoisotopic (exact) mass is 429 g/mol. The number of aromatic hydroxyl groups is 1. The lowest BCUT2D eigenvalue weighted by molar-refractivity contribution is 0.237. The number of nitrogens with zero attached hydrogens (tertiary/aromatic N) is 1. The summed E-state index contributed by atoms with van der Waals surface area (Å²) in [6.45, 7) is 6.82. The van der Waals surface area contributed by atoms with Gasteiger partial charge in [-0.1, -0.05) is 48.0 Å². The van der Waals surface area contributed by atoms with Crippen LogP contribution in [0.2, 0.25) is 0 Å². The van der Waals surface area contributed by atoms with E-state index < -0.39 is 0 Å². The van der Waals surface area contributed by atoms with E-state index in [4.69, 9.17) is 9.47 Å². The molecule has 2 aliphatic rings. The van der Waals surface area contributed by atoms with E-state index in [9.17, 15) is 5.11 Å². The van der Waals surface area contributed by atoms with Crippen LogP contribution >= 0.6 is 0 Å². The van der Waals surface area contributed by atoms with E-state index in [1.165, 1.54) is 42.6 Å². The van der Waals surface area contributed by atoms with Gasteiger partial charge in [0, 0.05) is 30.0 Å². The van der Waals surface area contributed by atoms with Gasteiger partial charge < -0.3 is 14.6 Å². The van der Waals surface area contributed by atoms with E-state index in [0.717, 1.165) is 30.2 Å². The highest BCUT2D eigenvalue weighted by molar-refractivity contribution is 5.51. The van der Waals surface area contributed by atoms with E-state index in [1.54, 1.807) is 12.1 Å². The molecule has 5 rings (SSSR count). The van der Waals surface area contributed by atoms with Crippen LogP contribution in [0.3, 0.4) is 0 Å². The van der Waals surface area contributed by atoms with Gasteiger partial charge in [0.05, 0.1) is 6.61 Å². The van der Waals surface area contributed by atoms with Crippen molar-refractivity contribution in [2.24, 2.45) is 0 Å². The molecule has 0 aliphatic carbocycles. The van der Waals surface area contributed by atoms with Crippen LogP contribution in [0.15, 0.2) is 66.7 Å². The summed E-state index contributed by atoms with van der Waals surface area (Å²) in [5.74, 6) is 2.27. The molecule has 0 aromatic heterocycles. The topological polar surface area (TPSA) is 41.9 Å². The van der Waals surface area contributed by atoms with Crippen molar-refractivity contribution in [1.29, 1.82) is 0 Å². The zero-order chi connectivity index (χ0) is 21.9. The third kappa shape index (κ3) is 4.46. The molecule has 166 valence electrons. The number of hydrogen-bond donors (Lipinski definition) is 1. The molecule has 3 aromatic rings. The minimum absolute atomic E-state index is 0.153. The first-order valence-electron chi connectivity index (χ1n) is 11.6. The first kappa shape index (κ1) is 20.9. The molecular formula is C28H31NO3. The third-order valence-electron chi connectivity index (χ3n) is 6.74. The average molecular weight is 430 g/mol. The van der Waals surface area contributed by atoms with E-state index in [-0.39, 0.29) is 17.6 Å². The molecule has 0 spiro atoms. The Labute approximate surface area is 190 Å². The van der Waals surface area contributed by atoms with Gasteiger partial charge in [0.2, 0.25) is 0 Å². The van der Waals surface area contributed by atoms with Gasteiger partial charge in [0.1, 0.15) is 23.9 Å². The van der Waals surface area contributed by atoms with Gasteiger partial charge in [-0.2, -0.15) is 0 Å². The average Bonchev–Trinajstić information content (AvgIpc) is 3.32. The Balaban J connectivity index is 1.40. The Kier molecular flexibility index (Phi) is 6.04. The van der Waals surface area contributed by atoms with Gasteiger partial charge in [0.15, 0.2) is 0 Å². The van der Waals surface area contributed by atoms with Crippen LogP contribution in [0.4, 0.5) is 0 Å². The fourth-order valence-corrected chi connectivity index (χ4v) is 5.07. The quantitative estimate of drug-likeness (QED) is 0.563. The van der Waals surface area contributed by atoms with Crippen LogP contribution in [0.1, 0.15) is 46.9 Å². The van der Waals surface area contributed by atoms with Crippen molar-refractivity contribution in [1.82, 2.24) is 4.90 Å². The molecule has 2 aliphatic heterocycles. The number of ether oxygens (including phenoxy) is 2. The molecule has 2 atom stereocenters. The van der Waals surface area contributed by atoms with Crippen molar-refractivity contribution >= 4 is 0 Å². The fraction of sp³-hybridized carbons (Fsp3) is 0.357. The molecule has 0 radical (unpaired) electrons. The number of rotatable bonds is 6. The molecule has 1 fully saturated rings. The standard InChI is InChI=1S/C28H31NO3/c1-20-5-4-6-22(17-20)26-19-32-27-18-23(30)9-12-25(27)28(26)21-7-10-24(11-8-21)31-16-15-29-13-2-3-14-29/h4-12,17-18,26,28,30H,2-3,13-16,19H2,1H3. The van der Waals surface area contributed by atoms with Crippen molar-refractivity contribution in [2.45, 2.75) is 31.6 Å². The van der Waals surface area contributed by atoms with Crippen LogP contribution < -0.4 is 9.47 Å². The molecular weight excluding hydrogens is 398 g/mol. The van der Waals surface area contributed by atoms with Gasteiger partial charge in [-0.05, 0) is 62.2 Å². The molecule has 0 amide bonds. The number of benzene rings is 3. The first-order chi connectivity index (χ1) is 15.7. The van der Waals surface area contributed by atoms with Gasteiger partial charge in [-0.15, -0.1) is 0 Å². The highest BCUT2D eigenvalue weighted by Gasteiger charge is 2.33. The number of phenolic OH excluding ortho intramolecular Hbond substituents is 1. The van der Waals surface area contributed by atoms with E-state index >= 15 is 0 Å². The van der Waals surface area contributed by atoms with Crippen molar-refractivity contribution in [2.75, 3.05) is 32.8 Å². The second kappa shape index (κ2) is 9.25. The zero-order valence-electron chi connectivity index (χ0n) is 18.7. The van der Waals surface area contributed by atoms with Gasteiger partial charge >= 0.3 is 0 Å². The summed E-state index contributed by atoms with van der Waals surface area (Å²) in [4.78, 5) is 2.47. The number of fused-ring (bicyclic) bond motifs is 1. The largest absolute Gasteiger partial charge is 0.508 e. The van der Waals surface area contributed by atoms with Crippen LogP contribution in [-0.2, 0) is 0 Å². The summed E-state index contributed by atoms with van der Waals surface area (Å²) in [7, 11) is 0. The second-order valence-electron chi connectivity index (χ2n) is 9.00. The lowest BCUT2D eigenvalue weighted by Crippen LogP contribution is -2.25. The molecule has 0 bridgehead atoms. The number of hydrogen-bond acceptors (Lipinski definition) is 4.